The van der Waals surface area contributed by atoms with Gasteiger partial charge in [-0.3, -0.25) is 14.5 Å². The minimum atomic E-state index is -0.331. The van der Waals surface area contributed by atoms with E-state index in [-0.39, 0.29) is 42.0 Å². The Kier molecular flexibility index (Phi) is 5.93. The lowest BCUT2D eigenvalue weighted by atomic mass is 9.88. The molecular formula is C23H33N3O3. The van der Waals surface area contributed by atoms with E-state index in [9.17, 15) is 14.7 Å². The number of nitrogens with one attached hydrogen (secondary N) is 1. The van der Waals surface area contributed by atoms with E-state index in [0.717, 1.165) is 49.9 Å². The lowest BCUT2D eigenvalue weighted by molar-refractivity contribution is -0.127. The fourth-order valence-electron chi connectivity index (χ4n) is 5.64. The second kappa shape index (κ2) is 8.44. The van der Waals surface area contributed by atoms with Crippen LogP contribution in [-0.2, 0) is 11.3 Å². The van der Waals surface area contributed by atoms with Crippen LogP contribution in [0.25, 0.3) is 5.57 Å². The molecule has 3 aliphatic rings. The zero-order chi connectivity index (χ0) is 20.5. The molecule has 2 N–H and O–H groups in total. The van der Waals surface area contributed by atoms with Crippen molar-refractivity contribution in [3.05, 3.63) is 39.8 Å². The molecule has 158 valence electrons. The Morgan fingerprint density at radius 2 is 2.10 bits per heavy atom. The van der Waals surface area contributed by atoms with Crippen LogP contribution in [0.5, 0.6) is 0 Å². The number of carbonyl (C=O) groups is 1. The Hall–Kier alpha value is -1.92. The van der Waals surface area contributed by atoms with E-state index in [4.69, 9.17) is 0 Å². The molecule has 1 aliphatic carbocycles. The Labute approximate surface area is 172 Å². The second-order valence-electron chi connectivity index (χ2n) is 8.64. The average molecular weight is 400 g/mol. The summed E-state index contributed by atoms with van der Waals surface area (Å²) in [7, 11) is 0. The van der Waals surface area contributed by atoms with Crippen LogP contribution >= 0.6 is 0 Å². The van der Waals surface area contributed by atoms with Crippen LogP contribution in [0.4, 0.5) is 0 Å². The van der Waals surface area contributed by atoms with Crippen molar-refractivity contribution in [2.45, 2.75) is 64.6 Å². The Morgan fingerprint density at radius 1 is 1.28 bits per heavy atom. The highest BCUT2D eigenvalue weighted by Crippen LogP contribution is 2.49. The van der Waals surface area contributed by atoms with Gasteiger partial charge in [0.2, 0.25) is 5.91 Å². The number of carbonyl (C=O) groups excluding carboxylic acids is 1. The molecule has 0 radical (unpaired) electrons. The van der Waals surface area contributed by atoms with E-state index in [1.165, 1.54) is 5.57 Å². The van der Waals surface area contributed by atoms with Crippen LogP contribution in [0.1, 0.15) is 63.3 Å². The fraction of sp³-hybridized carbons (Fsp3) is 0.652. The predicted molar refractivity (Wildman–Crippen MR) is 113 cm³/mol. The first-order chi connectivity index (χ1) is 14.1. The maximum absolute atomic E-state index is 13.3. The van der Waals surface area contributed by atoms with E-state index >= 15 is 0 Å². The third kappa shape index (κ3) is 3.36. The van der Waals surface area contributed by atoms with E-state index in [1.54, 1.807) is 0 Å². The number of hydrogen-bond donors (Lipinski definition) is 2. The number of rotatable bonds is 7. The van der Waals surface area contributed by atoms with Crippen molar-refractivity contribution in [1.82, 2.24) is 14.8 Å². The molecule has 2 aliphatic heterocycles. The summed E-state index contributed by atoms with van der Waals surface area (Å²) in [6.45, 7) is 6.13. The molecule has 3 heterocycles. The zero-order valence-electron chi connectivity index (χ0n) is 17.6. The lowest BCUT2D eigenvalue weighted by Crippen LogP contribution is -2.48. The summed E-state index contributed by atoms with van der Waals surface area (Å²) in [5, 5.41) is 13.2. The summed E-state index contributed by atoms with van der Waals surface area (Å²) in [6.07, 6.45) is 7.14. The standard InChI is InChI=1S/C23H33N3O3/c1-3-11-24-22(28)21-18(14-27)17-13-26-19(20(17)25(21)12-4-2)10-9-16(23(26)29)15-7-5-6-8-15/h7,9-10,17-18,20-21,27H,3-6,8,11-14H2,1-2H3,(H,24,28)/t17-,18-,20+,21-/m0/s1. The minimum absolute atomic E-state index is 0.00961. The van der Waals surface area contributed by atoms with Crippen molar-refractivity contribution in [2.24, 2.45) is 11.8 Å². The smallest absolute Gasteiger partial charge is 0.258 e. The molecule has 0 spiro atoms. The number of likely N-dealkylation sites (tertiary alicyclic amines) is 1. The number of fused-ring (bicyclic) bond motifs is 3. The van der Waals surface area contributed by atoms with Crippen molar-refractivity contribution < 1.29 is 9.90 Å². The number of allylic oxidation sites excluding steroid dienone is 2. The molecule has 0 saturated carbocycles. The molecule has 1 fully saturated rings. The third-order valence-electron chi connectivity index (χ3n) is 6.88. The summed E-state index contributed by atoms with van der Waals surface area (Å²) < 4.78 is 1.91. The molecule has 0 aromatic carbocycles. The molecule has 6 nitrogen and oxygen atoms in total. The molecule has 0 unspecified atom stereocenters. The van der Waals surface area contributed by atoms with Gasteiger partial charge in [0.1, 0.15) is 0 Å². The number of pyridine rings is 1. The van der Waals surface area contributed by atoms with Gasteiger partial charge in [0.05, 0.1) is 12.1 Å². The van der Waals surface area contributed by atoms with Gasteiger partial charge in [-0.25, -0.2) is 0 Å². The van der Waals surface area contributed by atoms with Crippen LogP contribution in [-0.4, -0.2) is 46.2 Å². The van der Waals surface area contributed by atoms with Gasteiger partial charge in [-0.05, 0) is 56.4 Å². The third-order valence-corrected chi connectivity index (χ3v) is 6.88. The maximum atomic E-state index is 13.3. The van der Waals surface area contributed by atoms with Crippen molar-refractivity contribution in [2.75, 3.05) is 19.7 Å². The van der Waals surface area contributed by atoms with Crippen molar-refractivity contribution in [3.8, 4) is 0 Å². The zero-order valence-corrected chi connectivity index (χ0v) is 17.6. The van der Waals surface area contributed by atoms with Crippen LogP contribution in [0.15, 0.2) is 23.0 Å². The number of aromatic nitrogens is 1. The molecular weight excluding hydrogens is 366 g/mol. The normalized spacial score (nSPS) is 28.3. The molecule has 1 aromatic rings. The SMILES string of the molecule is CCCNC(=O)[C@@H]1[C@@H](CO)[C@@H]2Cn3c(ccc(C4=CCCC4)c3=O)[C@@H]2N1CCC. The van der Waals surface area contributed by atoms with Gasteiger partial charge in [-0.15, -0.1) is 0 Å². The van der Waals surface area contributed by atoms with Crippen molar-refractivity contribution in [3.63, 3.8) is 0 Å². The average Bonchev–Trinajstić information content (AvgIpc) is 3.43. The molecule has 6 heteroatoms. The van der Waals surface area contributed by atoms with Gasteiger partial charge < -0.3 is 15.0 Å². The first-order valence-corrected chi connectivity index (χ1v) is 11.2. The Morgan fingerprint density at radius 3 is 2.76 bits per heavy atom. The van der Waals surface area contributed by atoms with E-state index in [0.29, 0.717) is 13.1 Å². The minimum Gasteiger partial charge on any atom is -0.396 e. The van der Waals surface area contributed by atoms with Crippen molar-refractivity contribution >= 4 is 11.5 Å². The maximum Gasteiger partial charge on any atom is 0.258 e. The van der Waals surface area contributed by atoms with Gasteiger partial charge in [-0.2, -0.15) is 0 Å². The fourth-order valence-corrected chi connectivity index (χ4v) is 5.64. The lowest BCUT2D eigenvalue weighted by Gasteiger charge is -2.30. The quantitative estimate of drug-likeness (QED) is 0.738. The highest BCUT2D eigenvalue weighted by atomic mass is 16.3. The summed E-state index contributed by atoms with van der Waals surface area (Å²) in [4.78, 5) is 28.5. The van der Waals surface area contributed by atoms with Crippen LogP contribution in [0.3, 0.4) is 0 Å². The molecule has 4 rings (SSSR count). The number of nitrogens with zero attached hydrogens (tertiary/aromatic N) is 2. The van der Waals surface area contributed by atoms with E-state index in [1.807, 2.05) is 17.6 Å². The van der Waals surface area contributed by atoms with E-state index < -0.39 is 0 Å². The molecule has 1 aromatic heterocycles. The van der Waals surface area contributed by atoms with Gasteiger partial charge in [0, 0.05) is 42.8 Å². The Bertz CT molecular complexity index is 859. The van der Waals surface area contributed by atoms with Crippen LogP contribution in [0.2, 0.25) is 0 Å². The number of aliphatic hydroxyl groups is 1. The summed E-state index contributed by atoms with van der Waals surface area (Å²) in [5.74, 6) is -0.0586. The van der Waals surface area contributed by atoms with Crippen LogP contribution < -0.4 is 10.9 Å². The topological polar surface area (TPSA) is 74.6 Å². The monoisotopic (exact) mass is 399 g/mol. The summed E-state index contributed by atoms with van der Waals surface area (Å²) in [5.41, 5.74) is 3.08. The molecule has 1 saturated heterocycles. The highest BCUT2D eigenvalue weighted by Gasteiger charge is 2.55. The van der Waals surface area contributed by atoms with Gasteiger partial charge in [0.25, 0.3) is 5.56 Å². The van der Waals surface area contributed by atoms with Crippen LogP contribution in [0, 0.1) is 11.8 Å². The number of aliphatic hydroxyl groups excluding tert-OH is 1. The number of hydrogen-bond acceptors (Lipinski definition) is 4. The van der Waals surface area contributed by atoms with Gasteiger partial charge in [-0.1, -0.05) is 19.9 Å². The highest BCUT2D eigenvalue weighted by molar-refractivity contribution is 5.82. The second-order valence-corrected chi connectivity index (χ2v) is 8.64. The molecule has 0 bridgehead atoms. The first kappa shape index (κ1) is 20.4. The molecule has 1 amide bonds. The molecule has 29 heavy (non-hydrogen) atoms. The largest absolute Gasteiger partial charge is 0.396 e. The summed E-state index contributed by atoms with van der Waals surface area (Å²) in [6, 6.07) is 3.76. The van der Waals surface area contributed by atoms with Crippen molar-refractivity contribution in [1.29, 1.82) is 0 Å². The molecule has 4 atom stereocenters. The number of amides is 1. The predicted octanol–water partition coefficient (Wildman–Crippen LogP) is 2.32. The van der Waals surface area contributed by atoms with E-state index in [2.05, 4.69) is 29.3 Å². The summed E-state index contributed by atoms with van der Waals surface area (Å²) >= 11 is 0. The van der Waals surface area contributed by atoms with Gasteiger partial charge >= 0.3 is 0 Å². The Balaban J connectivity index is 1.71. The van der Waals surface area contributed by atoms with Gasteiger partial charge in [0.15, 0.2) is 0 Å². The first-order valence-electron chi connectivity index (χ1n) is 11.2.